The summed E-state index contributed by atoms with van der Waals surface area (Å²) in [6.45, 7) is -0.435. The Labute approximate surface area is 160 Å². The van der Waals surface area contributed by atoms with Gasteiger partial charge in [-0.1, -0.05) is 23.7 Å². The topological polar surface area (TPSA) is 80.3 Å². The summed E-state index contributed by atoms with van der Waals surface area (Å²) >= 11 is 5.58. The van der Waals surface area contributed by atoms with Crippen molar-refractivity contribution in [2.75, 3.05) is 5.32 Å². The number of hydrogen-bond acceptors (Lipinski definition) is 4. The maximum absolute atomic E-state index is 13.2. The number of aromatic nitrogens is 2. The number of phenolic OH excluding ortho intramolecular Hbond substituents is 1. The lowest BCUT2D eigenvalue weighted by Crippen LogP contribution is -2.11. The van der Waals surface area contributed by atoms with Crippen molar-refractivity contribution < 1.29 is 31.9 Å². The number of carbonyl (C=O) groups excluding carboxylic acids is 1. The van der Waals surface area contributed by atoms with Crippen LogP contribution >= 0.6 is 11.6 Å². The van der Waals surface area contributed by atoms with Crippen LogP contribution in [0, 0.1) is 0 Å². The van der Waals surface area contributed by atoms with Crippen molar-refractivity contribution in [2.24, 2.45) is 0 Å². The molecule has 6 nitrogen and oxygen atoms in total. The molecular formula is C17H12ClF4N3O3. The molecule has 0 bridgehead atoms. The molecule has 0 aliphatic rings. The molecule has 1 amide bonds. The van der Waals surface area contributed by atoms with E-state index in [1.807, 2.05) is 0 Å². The van der Waals surface area contributed by atoms with Crippen molar-refractivity contribution in [1.29, 1.82) is 0 Å². The first-order chi connectivity index (χ1) is 13.3. The highest BCUT2D eigenvalue weighted by Gasteiger charge is 2.28. The zero-order chi connectivity index (χ0) is 20.4. The zero-order valence-corrected chi connectivity index (χ0v) is 14.6. The third-order valence-corrected chi connectivity index (χ3v) is 4.10. The van der Waals surface area contributed by atoms with Gasteiger partial charge in [-0.2, -0.15) is 5.10 Å². The maximum Gasteiger partial charge on any atom is 0.291 e. The van der Waals surface area contributed by atoms with Crippen LogP contribution in [0.2, 0.25) is 5.02 Å². The standard InChI is InChI=1S/C17H12ClF4N3O3/c18-12-13(15(19)20)24-25(14(12)16(21)22)7-8-5-6-11(28-8)17(27)23-9-3-1-2-4-10(9)26/h1-6,15-16,26H,7H2,(H,23,27). The number of anilines is 1. The smallest absolute Gasteiger partial charge is 0.291 e. The van der Waals surface area contributed by atoms with Crippen LogP contribution in [0.3, 0.4) is 0 Å². The summed E-state index contributed by atoms with van der Waals surface area (Å²) in [5.74, 6) is -1.02. The molecule has 0 radical (unpaired) electrons. The number of benzene rings is 1. The molecule has 0 unspecified atom stereocenters. The molecule has 0 fully saturated rings. The number of para-hydroxylation sites is 2. The summed E-state index contributed by atoms with van der Waals surface area (Å²) in [5, 5.41) is 14.7. The molecule has 1 aromatic carbocycles. The van der Waals surface area contributed by atoms with Crippen molar-refractivity contribution in [3.8, 4) is 5.75 Å². The normalized spacial score (nSPS) is 11.4. The van der Waals surface area contributed by atoms with Crippen LogP contribution in [0.4, 0.5) is 23.2 Å². The van der Waals surface area contributed by atoms with Crippen molar-refractivity contribution in [3.63, 3.8) is 0 Å². The Hall–Kier alpha value is -3.01. The molecule has 0 aliphatic heterocycles. The second kappa shape index (κ2) is 7.93. The first kappa shape index (κ1) is 19.7. The lowest BCUT2D eigenvalue weighted by Gasteiger charge is -2.06. The molecule has 0 saturated carbocycles. The largest absolute Gasteiger partial charge is 0.506 e. The van der Waals surface area contributed by atoms with E-state index in [2.05, 4.69) is 10.4 Å². The van der Waals surface area contributed by atoms with E-state index in [1.54, 1.807) is 12.1 Å². The molecule has 2 heterocycles. The number of alkyl halides is 4. The number of carbonyl (C=O) groups is 1. The highest BCUT2D eigenvalue weighted by Crippen LogP contribution is 2.35. The second-order valence-corrected chi connectivity index (χ2v) is 5.96. The summed E-state index contributed by atoms with van der Waals surface area (Å²) in [4.78, 5) is 12.2. The number of rotatable bonds is 6. The molecule has 0 aliphatic carbocycles. The Morgan fingerprint density at radius 2 is 1.89 bits per heavy atom. The SMILES string of the molecule is O=C(Nc1ccccc1O)c1ccc(Cn2nc(C(F)F)c(Cl)c2C(F)F)o1. The number of nitrogens with one attached hydrogen (secondary N) is 1. The predicted molar refractivity (Wildman–Crippen MR) is 91.0 cm³/mol. The van der Waals surface area contributed by atoms with Gasteiger partial charge >= 0.3 is 0 Å². The number of phenols is 1. The average molecular weight is 418 g/mol. The van der Waals surface area contributed by atoms with Crippen LogP contribution < -0.4 is 5.32 Å². The monoisotopic (exact) mass is 417 g/mol. The minimum Gasteiger partial charge on any atom is -0.506 e. The molecule has 0 atom stereocenters. The van der Waals surface area contributed by atoms with Gasteiger partial charge in [-0.3, -0.25) is 9.48 Å². The molecular weight excluding hydrogens is 406 g/mol. The highest BCUT2D eigenvalue weighted by atomic mass is 35.5. The first-order valence-electron chi connectivity index (χ1n) is 7.78. The third kappa shape index (κ3) is 3.96. The third-order valence-electron chi connectivity index (χ3n) is 3.71. The average Bonchev–Trinajstić information content (AvgIpc) is 3.22. The lowest BCUT2D eigenvalue weighted by atomic mass is 10.3. The Balaban J connectivity index is 1.81. The fourth-order valence-electron chi connectivity index (χ4n) is 2.44. The number of aromatic hydroxyl groups is 1. The molecule has 28 heavy (non-hydrogen) atoms. The van der Waals surface area contributed by atoms with Gasteiger partial charge in [-0.15, -0.1) is 0 Å². The number of furan rings is 1. The van der Waals surface area contributed by atoms with Gasteiger partial charge < -0.3 is 14.8 Å². The van der Waals surface area contributed by atoms with E-state index in [0.717, 1.165) is 0 Å². The van der Waals surface area contributed by atoms with E-state index in [4.69, 9.17) is 16.0 Å². The molecule has 0 saturated heterocycles. The quantitative estimate of drug-likeness (QED) is 0.436. The van der Waals surface area contributed by atoms with Crippen molar-refractivity contribution in [2.45, 2.75) is 19.4 Å². The fourth-order valence-corrected chi connectivity index (χ4v) is 2.74. The van der Waals surface area contributed by atoms with Crippen LogP contribution in [-0.4, -0.2) is 20.8 Å². The van der Waals surface area contributed by atoms with E-state index < -0.39 is 41.7 Å². The number of nitrogens with zero attached hydrogens (tertiary/aromatic N) is 2. The molecule has 3 aromatic rings. The second-order valence-electron chi connectivity index (χ2n) is 5.58. The van der Waals surface area contributed by atoms with Crippen molar-refractivity contribution >= 4 is 23.2 Å². The van der Waals surface area contributed by atoms with E-state index in [0.29, 0.717) is 4.68 Å². The minimum absolute atomic E-state index is 0.0179. The fraction of sp³-hybridized carbons (Fsp3) is 0.176. The Bertz CT molecular complexity index is 1000. The molecule has 2 aromatic heterocycles. The van der Waals surface area contributed by atoms with Crippen LogP contribution in [0.25, 0.3) is 0 Å². The van der Waals surface area contributed by atoms with Crippen LogP contribution in [0.15, 0.2) is 40.8 Å². The van der Waals surface area contributed by atoms with Crippen LogP contribution in [-0.2, 0) is 6.54 Å². The number of hydrogen-bond donors (Lipinski definition) is 2. The lowest BCUT2D eigenvalue weighted by molar-refractivity contribution is 0.0993. The van der Waals surface area contributed by atoms with Crippen molar-refractivity contribution in [3.05, 3.63) is 64.3 Å². The zero-order valence-electron chi connectivity index (χ0n) is 13.9. The molecule has 3 rings (SSSR count). The van der Waals surface area contributed by atoms with Gasteiger partial charge in [-0.05, 0) is 24.3 Å². The summed E-state index contributed by atoms with van der Waals surface area (Å²) < 4.78 is 58.0. The number of halogens is 5. The van der Waals surface area contributed by atoms with Gasteiger partial charge in [0, 0.05) is 0 Å². The summed E-state index contributed by atoms with van der Waals surface area (Å²) in [7, 11) is 0. The Morgan fingerprint density at radius 1 is 1.18 bits per heavy atom. The van der Waals surface area contributed by atoms with E-state index in [-0.39, 0.29) is 23.0 Å². The van der Waals surface area contributed by atoms with Gasteiger partial charge in [0.2, 0.25) is 0 Å². The highest BCUT2D eigenvalue weighted by molar-refractivity contribution is 6.32. The van der Waals surface area contributed by atoms with Gasteiger partial charge in [0.1, 0.15) is 22.9 Å². The molecule has 11 heteroatoms. The van der Waals surface area contributed by atoms with Gasteiger partial charge in [0.15, 0.2) is 5.76 Å². The van der Waals surface area contributed by atoms with Crippen molar-refractivity contribution in [1.82, 2.24) is 9.78 Å². The van der Waals surface area contributed by atoms with Crippen LogP contribution in [0.1, 0.15) is 40.6 Å². The Kier molecular flexibility index (Phi) is 5.59. The molecule has 148 valence electrons. The summed E-state index contributed by atoms with van der Waals surface area (Å²) in [6.07, 6.45) is -6.26. The predicted octanol–water partition coefficient (Wildman–Crippen LogP) is 5.01. The maximum atomic E-state index is 13.2. The summed E-state index contributed by atoms with van der Waals surface area (Å²) in [5.41, 5.74) is -1.68. The van der Waals surface area contributed by atoms with Gasteiger partial charge in [0.25, 0.3) is 18.8 Å². The van der Waals surface area contributed by atoms with E-state index in [9.17, 15) is 27.5 Å². The van der Waals surface area contributed by atoms with E-state index in [1.165, 1.54) is 24.3 Å². The molecule has 0 spiro atoms. The van der Waals surface area contributed by atoms with Gasteiger partial charge in [-0.25, -0.2) is 17.6 Å². The first-order valence-corrected chi connectivity index (χ1v) is 8.16. The summed E-state index contributed by atoms with van der Waals surface area (Å²) in [6, 6.07) is 8.58. The number of amides is 1. The van der Waals surface area contributed by atoms with Crippen LogP contribution in [0.5, 0.6) is 5.75 Å². The minimum atomic E-state index is -3.13. The van der Waals surface area contributed by atoms with E-state index >= 15 is 0 Å². The molecule has 2 N–H and O–H groups in total. The van der Waals surface area contributed by atoms with Gasteiger partial charge in [0.05, 0.1) is 17.3 Å². The Morgan fingerprint density at radius 3 is 2.54 bits per heavy atom.